The van der Waals surface area contributed by atoms with Crippen molar-refractivity contribution in [2.75, 3.05) is 24.5 Å². The number of carbonyl (C=O) groups is 1. The molecule has 9 heteroatoms. The monoisotopic (exact) mass is 412 g/mol. The lowest BCUT2D eigenvalue weighted by Gasteiger charge is -2.34. The minimum atomic E-state index is -0.357. The normalized spacial score (nSPS) is 16.6. The van der Waals surface area contributed by atoms with Gasteiger partial charge in [-0.2, -0.15) is 4.98 Å². The molecule has 158 valence electrons. The first-order valence-electron chi connectivity index (χ1n) is 10.2. The maximum absolute atomic E-state index is 14.8. The topological polar surface area (TPSA) is 89.1 Å². The van der Waals surface area contributed by atoms with Crippen molar-refractivity contribution in [2.45, 2.75) is 32.7 Å². The Morgan fingerprint density at radius 1 is 1.40 bits per heavy atom. The molecule has 8 nitrogen and oxygen atoms in total. The van der Waals surface area contributed by atoms with Crippen molar-refractivity contribution in [1.82, 2.24) is 25.0 Å². The van der Waals surface area contributed by atoms with E-state index in [0.717, 1.165) is 32.4 Å². The van der Waals surface area contributed by atoms with Gasteiger partial charge in [-0.25, -0.2) is 9.37 Å². The molecule has 0 bridgehead atoms. The molecule has 2 aromatic heterocycles. The molecule has 1 atom stereocenters. The van der Waals surface area contributed by atoms with Crippen LogP contribution in [0, 0.1) is 18.7 Å². The highest BCUT2D eigenvalue weighted by atomic mass is 19.1. The highest BCUT2D eigenvalue weighted by molar-refractivity contribution is 5.79. The Bertz CT molecular complexity index is 987. The second kappa shape index (κ2) is 9.06. The molecule has 0 saturated carbocycles. The van der Waals surface area contributed by atoms with Crippen LogP contribution in [0.5, 0.6) is 0 Å². The number of nitrogens with zero attached hydrogens (tertiary/aromatic N) is 5. The van der Waals surface area contributed by atoms with Gasteiger partial charge >= 0.3 is 0 Å². The summed E-state index contributed by atoms with van der Waals surface area (Å²) in [4.78, 5) is 22.7. The molecule has 30 heavy (non-hydrogen) atoms. The van der Waals surface area contributed by atoms with Gasteiger partial charge in [0.25, 0.3) is 5.89 Å². The average Bonchev–Trinajstić information content (AvgIpc) is 3.43. The van der Waals surface area contributed by atoms with E-state index in [2.05, 4.69) is 20.4 Å². The first-order valence-corrected chi connectivity index (χ1v) is 10.2. The molecule has 3 heterocycles. The number of rotatable bonds is 7. The van der Waals surface area contributed by atoms with Gasteiger partial charge in [0.15, 0.2) is 5.82 Å². The third-order valence-electron chi connectivity index (χ3n) is 5.31. The molecular weight excluding hydrogens is 387 g/mol. The number of hydrogen-bond donors (Lipinski definition) is 1. The Kier molecular flexibility index (Phi) is 6.06. The van der Waals surface area contributed by atoms with Crippen LogP contribution in [-0.2, 0) is 11.3 Å². The summed E-state index contributed by atoms with van der Waals surface area (Å²) in [5.74, 6) is 0.326. The van der Waals surface area contributed by atoms with Gasteiger partial charge in [0, 0.05) is 44.1 Å². The predicted octanol–water partition coefficient (Wildman–Crippen LogP) is 2.80. The van der Waals surface area contributed by atoms with Crippen molar-refractivity contribution >= 4 is 11.6 Å². The maximum atomic E-state index is 14.8. The number of halogens is 1. The van der Waals surface area contributed by atoms with E-state index in [0.29, 0.717) is 36.1 Å². The van der Waals surface area contributed by atoms with Crippen LogP contribution in [0.3, 0.4) is 0 Å². The fourth-order valence-electron chi connectivity index (χ4n) is 3.76. The first kappa shape index (κ1) is 20.1. The lowest BCUT2D eigenvalue weighted by atomic mass is 9.96. The number of nitrogens with one attached hydrogen (secondary N) is 1. The maximum Gasteiger partial charge on any atom is 0.258 e. The van der Waals surface area contributed by atoms with Crippen LogP contribution < -0.4 is 10.2 Å². The summed E-state index contributed by atoms with van der Waals surface area (Å²) in [6.07, 6.45) is 7.90. The minimum absolute atomic E-state index is 0.0312. The van der Waals surface area contributed by atoms with E-state index < -0.39 is 0 Å². The molecule has 1 aromatic carbocycles. The van der Waals surface area contributed by atoms with Gasteiger partial charge < -0.3 is 19.3 Å². The van der Waals surface area contributed by atoms with Crippen molar-refractivity contribution in [3.63, 3.8) is 0 Å². The van der Waals surface area contributed by atoms with Gasteiger partial charge in [0.1, 0.15) is 5.82 Å². The van der Waals surface area contributed by atoms with Gasteiger partial charge in [0.2, 0.25) is 5.91 Å². The molecule has 1 saturated heterocycles. The Morgan fingerprint density at radius 2 is 2.30 bits per heavy atom. The predicted molar refractivity (Wildman–Crippen MR) is 109 cm³/mol. The molecule has 0 aliphatic carbocycles. The van der Waals surface area contributed by atoms with Gasteiger partial charge in [-0.15, -0.1) is 0 Å². The third kappa shape index (κ3) is 4.67. The third-order valence-corrected chi connectivity index (χ3v) is 5.31. The smallest absolute Gasteiger partial charge is 0.258 e. The van der Waals surface area contributed by atoms with E-state index in [4.69, 9.17) is 4.52 Å². The molecule has 1 unspecified atom stereocenters. The molecule has 1 fully saturated rings. The van der Waals surface area contributed by atoms with E-state index >= 15 is 0 Å². The zero-order valence-corrected chi connectivity index (χ0v) is 16.9. The Morgan fingerprint density at radius 3 is 3.03 bits per heavy atom. The summed E-state index contributed by atoms with van der Waals surface area (Å²) in [5, 5.41) is 6.76. The molecule has 0 radical (unpaired) electrons. The van der Waals surface area contributed by atoms with Gasteiger partial charge in [-0.3, -0.25) is 4.79 Å². The summed E-state index contributed by atoms with van der Waals surface area (Å²) in [6, 6.07) is 4.89. The number of carbonyl (C=O) groups excluding carboxylic acids is 1. The van der Waals surface area contributed by atoms with Crippen LogP contribution in [0.4, 0.5) is 10.1 Å². The summed E-state index contributed by atoms with van der Waals surface area (Å²) in [6.45, 7) is 4.37. The van der Waals surface area contributed by atoms with E-state index in [1.807, 2.05) is 15.7 Å². The average molecular weight is 412 g/mol. The number of aromatic nitrogens is 4. The molecular formula is C21H25FN6O2. The van der Waals surface area contributed by atoms with Crippen molar-refractivity contribution in [3.05, 3.63) is 48.6 Å². The summed E-state index contributed by atoms with van der Waals surface area (Å²) >= 11 is 0. The van der Waals surface area contributed by atoms with Gasteiger partial charge in [-0.1, -0.05) is 5.16 Å². The number of hydrogen-bond acceptors (Lipinski definition) is 6. The lowest BCUT2D eigenvalue weighted by molar-refractivity contribution is -0.125. The number of imidazole rings is 1. The molecule has 1 aliphatic heterocycles. The van der Waals surface area contributed by atoms with Gasteiger partial charge in [-0.05, 0) is 44.4 Å². The quantitative estimate of drug-likeness (QED) is 0.601. The molecule has 4 rings (SSSR count). The summed E-state index contributed by atoms with van der Waals surface area (Å²) < 4.78 is 21.9. The second-order valence-corrected chi connectivity index (χ2v) is 7.54. The van der Waals surface area contributed by atoms with E-state index in [1.165, 1.54) is 6.07 Å². The molecule has 1 aliphatic rings. The zero-order chi connectivity index (χ0) is 20.9. The van der Waals surface area contributed by atoms with E-state index in [1.54, 1.807) is 31.6 Å². The minimum Gasteiger partial charge on any atom is -0.368 e. The van der Waals surface area contributed by atoms with E-state index in [-0.39, 0.29) is 17.6 Å². The van der Waals surface area contributed by atoms with Crippen molar-refractivity contribution in [2.24, 2.45) is 5.92 Å². The Balaban J connectivity index is 1.33. The van der Waals surface area contributed by atoms with Crippen LogP contribution in [-0.4, -0.2) is 45.2 Å². The van der Waals surface area contributed by atoms with Crippen molar-refractivity contribution in [1.29, 1.82) is 0 Å². The highest BCUT2D eigenvalue weighted by Gasteiger charge is 2.27. The summed E-state index contributed by atoms with van der Waals surface area (Å²) in [7, 11) is 0. The standard InChI is InChI=1S/C21H25FN6O2/c1-15-25-21(30-26-15)16-5-6-19(18(22)12-16)28-10-2-4-17(13-28)20(29)24-7-3-9-27-11-8-23-14-27/h5-6,8,11-12,14,17H,2-4,7,9-10,13H2,1H3,(H,24,29). The largest absolute Gasteiger partial charge is 0.368 e. The number of aryl methyl sites for hydroxylation is 2. The van der Waals surface area contributed by atoms with Crippen LogP contribution >= 0.6 is 0 Å². The zero-order valence-electron chi connectivity index (χ0n) is 16.9. The molecule has 1 N–H and O–H groups in total. The summed E-state index contributed by atoms with van der Waals surface area (Å²) in [5.41, 5.74) is 1.04. The van der Waals surface area contributed by atoms with E-state index in [9.17, 15) is 9.18 Å². The Hall–Kier alpha value is -3.23. The first-order chi connectivity index (χ1) is 14.6. The SMILES string of the molecule is Cc1noc(-c2ccc(N3CCCC(C(=O)NCCCn4ccnc4)C3)c(F)c2)n1. The Labute approximate surface area is 174 Å². The number of amides is 1. The fourth-order valence-corrected chi connectivity index (χ4v) is 3.76. The number of piperidine rings is 1. The number of anilines is 1. The highest BCUT2D eigenvalue weighted by Crippen LogP contribution is 2.29. The molecule has 3 aromatic rings. The fraction of sp³-hybridized carbons (Fsp3) is 0.429. The molecule has 0 spiro atoms. The number of benzene rings is 1. The van der Waals surface area contributed by atoms with Crippen molar-refractivity contribution in [3.8, 4) is 11.5 Å². The second-order valence-electron chi connectivity index (χ2n) is 7.54. The van der Waals surface area contributed by atoms with Crippen LogP contribution in [0.1, 0.15) is 25.1 Å². The van der Waals surface area contributed by atoms with Crippen molar-refractivity contribution < 1.29 is 13.7 Å². The van der Waals surface area contributed by atoms with Gasteiger partial charge in [0.05, 0.1) is 17.9 Å². The lowest BCUT2D eigenvalue weighted by Crippen LogP contribution is -2.43. The van der Waals surface area contributed by atoms with Crippen LogP contribution in [0.25, 0.3) is 11.5 Å². The molecule has 1 amide bonds. The van der Waals surface area contributed by atoms with Crippen LogP contribution in [0.2, 0.25) is 0 Å². The van der Waals surface area contributed by atoms with Crippen LogP contribution in [0.15, 0.2) is 41.4 Å².